The van der Waals surface area contributed by atoms with Gasteiger partial charge in [0, 0.05) is 25.6 Å². The molecule has 1 aromatic rings. The first-order valence-corrected chi connectivity index (χ1v) is 9.10. The fourth-order valence-electron chi connectivity index (χ4n) is 3.85. The average Bonchev–Trinajstić information content (AvgIpc) is 3.10. The number of hydrogen-bond donors (Lipinski definition) is 2. The van der Waals surface area contributed by atoms with Gasteiger partial charge in [-0.25, -0.2) is 4.39 Å². The number of carbonyl (C=O) groups excluding carboxylic acids is 1. The van der Waals surface area contributed by atoms with Gasteiger partial charge in [0.15, 0.2) is 0 Å². The minimum Gasteiger partial charge on any atom is -0.393 e. The second-order valence-corrected chi connectivity index (χ2v) is 7.22. The molecule has 1 aromatic carbocycles. The van der Waals surface area contributed by atoms with Gasteiger partial charge >= 0.3 is 0 Å². The molecule has 2 aliphatic rings. The number of benzene rings is 1. The Balaban J connectivity index is 1.59. The van der Waals surface area contributed by atoms with Crippen molar-refractivity contribution in [1.29, 1.82) is 0 Å². The molecule has 1 amide bonds. The van der Waals surface area contributed by atoms with Gasteiger partial charge < -0.3 is 15.2 Å². The Morgan fingerprint density at radius 3 is 2.84 bits per heavy atom. The second kappa shape index (κ2) is 8.25. The summed E-state index contributed by atoms with van der Waals surface area (Å²) in [7, 11) is 0. The van der Waals surface area contributed by atoms with E-state index in [0.717, 1.165) is 12.8 Å². The van der Waals surface area contributed by atoms with Crippen LogP contribution in [0.25, 0.3) is 0 Å². The molecule has 6 heteroatoms. The number of aliphatic hydroxyl groups is 1. The standard InChI is InChI=1S/C19H27FN2O3/c20-17-8-4-1-5-15(17)11-19(14-23)13-22(9-10-25-19)12-18(24)21-16-6-2-3-7-16/h1,4-5,8,16,23H,2-3,6-7,9-14H2,(H,21,24)/t19-/m0/s1. The van der Waals surface area contributed by atoms with E-state index in [4.69, 9.17) is 4.74 Å². The van der Waals surface area contributed by atoms with E-state index in [1.807, 2.05) is 4.90 Å². The van der Waals surface area contributed by atoms with E-state index in [1.165, 1.54) is 18.9 Å². The molecule has 25 heavy (non-hydrogen) atoms. The molecule has 2 N–H and O–H groups in total. The molecule has 0 bridgehead atoms. The lowest BCUT2D eigenvalue weighted by molar-refractivity contribution is -0.141. The number of rotatable bonds is 6. The Hall–Kier alpha value is -1.50. The van der Waals surface area contributed by atoms with E-state index >= 15 is 0 Å². The van der Waals surface area contributed by atoms with Crippen molar-refractivity contribution in [2.75, 3.05) is 32.8 Å². The van der Waals surface area contributed by atoms with Gasteiger partial charge in [-0.05, 0) is 24.5 Å². The molecule has 1 saturated carbocycles. The number of halogens is 1. The van der Waals surface area contributed by atoms with Gasteiger partial charge in [-0.2, -0.15) is 0 Å². The zero-order valence-corrected chi connectivity index (χ0v) is 14.5. The molecule has 0 spiro atoms. The van der Waals surface area contributed by atoms with Crippen molar-refractivity contribution in [3.63, 3.8) is 0 Å². The van der Waals surface area contributed by atoms with Crippen LogP contribution in [0.1, 0.15) is 31.2 Å². The lowest BCUT2D eigenvalue weighted by atomic mass is 9.92. The maximum Gasteiger partial charge on any atom is 0.234 e. The number of amides is 1. The lowest BCUT2D eigenvalue weighted by Crippen LogP contribution is -2.57. The number of nitrogens with zero attached hydrogens (tertiary/aromatic N) is 1. The van der Waals surface area contributed by atoms with E-state index in [0.29, 0.717) is 37.8 Å². The molecule has 1 saturated heterocycles. The first-order chi connectivity index (χ1) is 12.1. The highest BCUT2D eigenvalue weighted by Gasteiger charge is 2.37. The van der Waals surface area contributed by atoms with Crippen LogP contribution in [0.2, 0.25) is 0 Å². The molecule has 2 fully saturated rings. The SMILES string of the molecule is O=C(CN1CCO[C@@](CO)(Cc2ccccc2F)C1)NC1CCCC1. The van der Waals surface area contributed by atoms with Crippen molar-refractivity contribution < 1.29 is 19.0 Å². The highest BCUT2D eigenvalue weighted by molar-refractivity contribution is 5.78. The van der Waals surface area contributed by atoms with Crippen molar-refractivity contribution in [3.05, 3.63) is 35.6 Å². The molecular weight excluding hydrogens is 323 g/mol. The highest BCUT2D eigenvalue weighted by atomic mass is 19.1. The summed E-state index contributed by atoms with van der Waals surface area (Å²) in [4.78, 5) is 14.3. The third kappa shape index (κ3) is 4.77. The van der Waals surface area contributed by atoms with Gasteiger partial charge in [-0.1, -0.05) is 31.0 Å². The van der Waals surface area contributed by atoms with Crippen molar-refractivity contribution in [2.45, 2.75) is 43.7 Å². The predicted octanol–water partition coefficient (Wildman–Crippen LogP) is 1.49. The van der Waals surface area contributed by atoms with Crippen LogP contribution in [0, 0.1) is 5.82 Å². The minimum atomic E-state index is -0.867. The number of carbonyl (C=O) groups is 1. The molecule has 1 heterocycles. The quantitative estimate of drug-likeness (QED) is 0.816. The summed E-state index contributed by atoms with van der Waals surface area (Å²) in [6.45, 7) is 1.56. The third-order valence-corrected chi connectivity index (χ3v) is 5.17. The van der Waals surface area contributed by atoms with Crippen LogP contribution < -0.4 is 5.32 Å². The molecule has 5 nitrogen and oxygen atoms in total. The van der Waals surface area contributed by atoms with Crippen LogP contribution in [0.3, 0.4) is 0 Å². The molecule has 1 aliphatic carbocycles. The highest BCUT2D eigenvalue weighted by Crippen LogP contribution is 2.24. The van der Waals surface area contributed by atoms with Gasteiger partial charge in [0.2, 0.25) is 5.91 Å². The molecule has 0 unspecified atom stereocenters. The summed E-state index contributed by atoms with van der Waals surface area (Å²) in [6, 6.07) is 6.85. The topological polar surface area (TPSA) is 61.8 Å². The van der Waals surface area contributed by atoms with E-state index in [1.54, 1.807) is 18.2 Å². The number of nitrogens with one attached hydrogen (secondary N) is 1. The van der Waals surface area contributed by atoms with E-state index < -0.39 is 5.60 Å². The molecule has 1 aliphatic heterocycles. The van der Waals surface area contributed by atoms with Crippen LogP contribution >= 0.6 is 0 Å². The Bertz CT molecular complexity index is 592. The number of morpholine rings is 1. The van der Waals surface area contributed by atoms with Gasteiger partial charge in [-0.15, -0.1) is 0 Å². The van der Waals surface area contributed by atoms with Crippen LogP contribution in [-0.4, -0.2) is 60.4 Å². The molecule has 0 radical (unpaired) electrons. The van der Waals surface area contributed by atoms with Crippen LogP contribution in [0.4, 0.5) is 4.39 Å². The third-order valence-electron chi connectivity index (χ3n) is 5.17. The van der Waals surface area contributed by atoms with Crippen LogP contribution in [0.5, 0.6) is 0 Å². The Morgan fingerprint density at radius 2 is 2.12 bits per heavy atom. The largest absolute Gasteiger partial charge is 0.393 e. The summed E-state index contributed by atoms with van der Waals surface area (Å²) < 4.78 is 19.8. The average molecular weight is 350 g/mol. The molecule has 1 atom stereocenters. The normalized spacial score (nSPS) is 25.2. The van der Waals surface area contributed by atoms with Gasteiger partial charge in [0.05, 0.1) is 19.8 Å². The Labute approximate surface area is 148 Å². The van der Waals surface area contributed by atoms with Gasteiger partial charge in [0.1, 0.15) is 11.4 Å². The maximum atomic E-state index is 14.0. The van der Waals surface area contributed by atoms with Gasteiger partial charge in [-0.3, -0.25) is 9.69 Å². The van der Waals surface area contributed by atoms with Crippen molar-refractivity contribution >= 4 is 5.91 Å². The minimum absolute atomic E-state index is 0.0199. The Morgan fingerprint density at radius 1 is 1.36 bits per heavy atom. The van der Waals surface area contributed by atoms with E-state index in [9.17, 15) is 14.3 Å². The monoisotopic (exact) mass is 350 g/mol. The second-order valence-electron chi connectivity index (χ2n) is 7.22. The first-order valence-electron chi connectivity index (χ1n) is 9.10. The molecule has 138 valence electrons. The lowest BCUT2D eigenvalue weighted by Gasteiger charge is -2.41. The predicted molar refractivity (Wildman–Crippen MR) is 92.7 cm³/mol. The zero-order valence-electron chi connectivity index (χ0n) is 14.5. The van der Waals surface area contributed by atoms with E-state index in [2.05, 4.69) is 5.32 Å². The number of ether oxygens (including phenoxy) is 1. The summed E-state index contributed by atoms with van der Waals surface area (Å²) in [6.07, 6.45) is 4.76. The molecular formula is C19H27FN2O3. The van der Waals surface area contributed by atoms with Crippen LogP contribution in [-0.2, 0) is 16.0 Å². The Kier molecular flexibility index (Phi) is 6.04. The summed E-state index contributed by atoms with van der Waals surface area (Å²) >= 11 is 0. The van der Waals surface area contributed by atoms with Crippen LogP contribution in [0.15, 0.2) is 24.3 Å². The summed E-state index contributed by atoms with van der Waals surface area (Å²) in [5.74, 6) is -0.276. The fourth-order valence-corrected chi connectivity index (χ4v) is 3.85. The number of aliphatic hydroxyl groups excluding tert-OH is 1. The smallest absolute Gasteiger partial charge is 0.234 e. The van der Waals surface area contributed by atoms with E-state index in [-0.39, 0.29) is 24.8 Å². The molecule has 0 aromatic heterocycles. The molecule has 3 rings (SSSR count). The number of hydrogen-bond acceptors (Lipinski definition) is 4. The maximum absolute atomic E-state index is 14.0. The van der Waals surface area contributed by atoms with Crippen molar-refractivity contribution in [3.8, 4) is 0 Å². The summed E-state index contributed by atoms with van der Waals surface area (Å²) in [5.41, 5.74) is -0.345. The van der Waals surface area contributed by atoms with Crippen molar-refractivity contribution in [1.82, 2.24) is 10.2 Å². The van der Waals surface area contributed by atoms with Crippen molar-refractivity contribution in [2.24, 2.45) is 0 Å². The summed E-state index contributed by atoms with van der Waals surface area (Å²) in [5, 5.41) is 13.0. The first kappa shape index (κ1) is 18.3. The fraction of sp³-hybridized carbons (Fsp3) is 0.632. The zero-order chi connectivity index (χ0) is 17.7. The van der Waals surface area contributed by atoms with Gasteiger partial charge in [0.25, 0.3) is 0 Å².